The molecule has 0 spiro atoms. The van der Waals surface area contributed by atoms with Gasteiger partial charge in [0.15, 0.2) is 0 Å². The maximum absolute atomic E-state index is 13.0. The molecule has 0 aliphatic carbocycles. The molecule has 3 rings (SSSR count). The highest BCUT2D eigenvalue weighted by Crippen LogP contribution is 2.17. The van der Waals surface area contributed by atoms with Crippen molar-refractivity contribution in [2.75, 3.05) is 6.61 Å². The van der Waals surface area contributed by atoms with Crippen LogP contribution in [0.25, 0.3) is 6.08 Å². The molecule has 2 aromatic carbocycles. The summed E-state index contributed by atoms with van der Waals surface area (Å²) in [4.78, 5) is 26.7. The summed E-state index contributed by atoms with van der Waals surface area (Å²) >= 11 is 1.49. The van der Waals surface area contributed by atoms with E-state index in [0.29, 0.717) is 12.2 Å². The van der Waals surface area contributed by atoms with Gasteiger partial charge in [-0.1, -0.05) is 30.3 Å². The van der Waals surface area contributed by atoms with E-state index in [-0.39, 0.29) is 23.6 Å². The predicted molar refractivity (Wildman–Crippen MR) is 130 cm³/mol. The number of benzene rings is 2. The number of ether oxygens (including phenoxy) is 1. The lowest BCUT2D eigenvalue weighted by Crippen LogP contribution is -2.41. The van der Waals surface area contributed by atoms with Crippen molar-refractivity contribution < 1.29 is 14.3 Å². The smallest absolute Gasteiger partial charge is 0.268 e. The van der Waals surface area contributed by atoms with Crippen LogP contribution in [0.5, 0.6) is 5.75 Å². The van der Waals surface area contributed by atoms with Gasteiger partial charge in [0.1, 0.15) is 18.1 Å². The molecule has 32 heavy (non-hydrogen) atoms. The molecule has 0 saturated heterocycles. The summed E-state index contributed by atoms with van der Waals surface area (Å²) in [5.74, 6) is 0.0769. The number of nitrogens with one attached hydrogen (secondary N) is 2. The molecule has 1 unspecified atom stereocenters. The number of carbonyl (C=O) groups is 2. The highest BCUT2D eigenvalue weighted by atomic mass is 32.1. The van der Waals surface area contributed by atoms with Crippen LogP contribution in [0.3, 0.4) is 0 Å². The Kier molecular flexibility index (Phi) is 7.84. The quantitative estimate of drug-likeness (QED) is 0.475. The van der Waals surface area contributed by atoms with Crippen molar-refractivity contribution in [3.8, 4) is 5.75 Å². The van der Waals surface area contributed by atoms with E-state index < -0.39 is 0 Å². The molecule has 6 heteroatoms. The van der Waals surface area contributed by atoms with Gasteiger partial charge in [-0.05, 0) is 80.1 Å². The maximum Gasteiger partial charge on any atom is 0.268 e. The third-order valence-corrected chi connectivity index (χ3v) is 5.89. The zero-order chi connectivity index (χ0) is 23.1. The third-order valence-electron chi connectivity index (χ3n) is 5.07. The van der Waals surface area contributed by atoms with Gasteiger partial charge in [0.25, 0.3) is 11.8 Å². The zero-order valence-corrected chi connectivity index (χ0v) is 19.6. The lowest BCUT2D eigenvalue weighted by molar-refractivity contribution is -0.118. The second kappa shape index (κ2) is 10.8. The van der Waals surface area contributed by atoms with E-state index in [1.54, 1.807) is 18.2 Å². The van der Waals surface area contributed by atoms with Crippen molar-refractivity contribution >= 4 is 29.2 Å². The largest absolute Gasteiger partial charge is 0.491 e. The molecule has 2 N–H and O–H groups in total. The van der Waals surface area contributed by atoms with Crippen molar-refractivity contribution in [2.45, 2.75) is 33.7 Å². The molecule has 0 aliphatic rings. The summed E-state index contributed by atoms with van der Waals surface area (Å²) in [5.41, 5.74) is 3.92. The number of hydrogen-bond donors (Lipinski definition) is 2. The van der Waals surface area contributed by atoms with E-state index in [2.05, 4.69) is 17.6 Å². The minimum absolute atomic E-state index is 0.193. The van der Waals surface area contributed by atoms with E-state index in [4.69, 9.17) is 4.74 Å². The van der Waals surface area contributed by atoms with Gasteiger partial charge < -0.3 is 15.4 Å². The fourth-order valence-corrected chi connectivity index (χ4v) is 3.72. The van der Waals surface area contributed by atoms with Gasteiger partial charge in [-0.15, -0.1) is 11.3 Å². The predicted octanol–water partition coefficient (Wildman–Crippen LogP) is 5.03. The van der Waals surface area contributed by atoms with Crippen molar-refractivity contribution in [1.29, 1.82) is 0 Å². The maximum atomic E-state index is 13.0. The summed E-state index contributed by atoms with van der Waals surface area (Å²) in [5, 5.41) is 7.62. The Hall–Kier alpha value is -3.38. The van der Waals surface area contributed by atoms with Gasteiger partial charge in [-0.25, -0.2) is 0 Å². The van der Waals surface area contributed by atoms with Crippen LogP contribution < -0.4 is 15.4 Å². The van der Waals surface area contributed by atoms with E-state index >= 15 is 0 Å². The molecule has 0 bridgehead atoms. The Balaban J connectivity index is 1.68. The van der Waals surface area contributed by atoms with E-state index in [1.165, 1.54) is 16.9 Å². The lowest BCUT2D eigenvalue weighted by Gasteiger charge is -2.17. The summed E-state index contributed by atoms with van der Waals surface area (Å²) in [6.07, 6.45) is 1.69. The van der Waals surface area contributed by atoms with Gasteiger partial charge >= 0.3 is 0 Å². The van der Waals surface area contributed by atoms with Crippen LogP contribution in [0.15, 0.2) is 65.7 Å². The average molecular weight is 449 g/mol. The standard InChI is InChI=1S/C26H28N2O3S/c1-17-11-12-21(14-19(17)3)31-16-20(4)27-26(30)24(15-22-9-7-13-32-22)28-25(29)23-10-6-5-8-18(23)2/h5-15,20H,16H2,1-4H3,(H,27,30)(H,28,29)/b24-15-. The fraction of sp³-hybridized carbons (Fsp3) is 0.231. The minimum Gasteiger partial charge on any atom is -0.491 e. The van der Waals surface area contributed by atoms with Crippen molar-refractivity contribution in [3.05, 3.63) is 92.8 Å². The Bertz CT molecular complexity index is 1120. The Morgan fingerprint density at radius 2 is 1.78 bits per heavy atom. The minimum atomic E-state index is -0.364. The van der Waals surface area contributed by atoms with Crippen LogP contribution >= 0.6 is 11.3 Å². The summed E-state index contributed by atoms with van der Waals surface area (Å²) in [6, 6.07) is 16.7. The SMILES string of the molecule is Cc1ccc(OCC(C)NC(=O)/C(=C/c2cccs2)NC(=O)c2ccccc2C)cc1C. The van der Waals surface area contributed by atoms with Gasteiger partial charge in [-0.2, -0.15) is 0 Å². The highest BCUT2D eigenvalue weighted by Gasteiger charge is 2.18. The van der Waals surface area contributed by atoms with Gasteiger partial charge in [-0.3, -0.25) is 9.59 Å². The molecule has 3 aromatic rings. The van der Waals surface area contributed by atoms with Gasteiger partial charge in [0.2, 0.25) is 0 Å². The second-order valence-electron chi connectivity index (χ2n) is 7.77. The Morgan fingerprint density at radius 3 is 2.47 bits per heavy atom. The van der Waals surface area contributed by atoms with Crippen LogP contribution in [0.4, 0.5) is 0 Å². The Labute approximate surface area is 193 Å². The molecule has 2 amide bonds. The molecule has 0 aliphatic heterocycles. The lowest BCUT2D eigenvalue weighted by atomic mass is 10.1. The first kappa shape index (κ1) is 23.3. The van der Waals surface area contributed by atoms with Crippen molar-refractivity contribution in [1.82, 2.24) is 10.6 Å². The van der Waals surface area contributed by atoms with Crippen LogP contribution in [-0.4, -0.2) is 24.5 Å². The number of rotatable bonds is 8. The van der Waals surface area contributed by atoms with Gasteiger partial charge in [0.05, 0.1) is 6.04 Å². The normalized spacial score (nSPS) is 12.2. The van der Waals surface area contributed by atoms with Gasteiger partial charge in [0, 0.05) is 10.4 Å². The second-order valence-corrected chi connectivity index (χ2v) is 8.75. The number of thiophene rings is 1. The van der Waals surface area contributed by atoms with E-state index in [9.17, 15) is 9.59 Å². The molecule has 5 nitrogen and oxygen atoms in total. The average Bonchev–Trinajstić information content (AvgIpc) is 3.27. The van der Waals surface area contributed by atoms with Crippen LogP contribution in [0.1, 0.15) is 38.8 Å². The molecule has 0 radical (unpaired) electrons. The molecule has 1 atom stereocenters. The molecule has 1 heterocycles. The van der Waals surface area contributed by atoms with E-state index in [1.807, 2.05) is 68.6 Å². The first-order valence-corrected chi connectivity index (χ1v) is 11.3. The van der Waals surface area contributed by atoms with Crippen LogP contribution in [-0.2, 0) is 4.79 Å². The number of hydrogen-bond acceptors (Lipinski definition) is 4. The van der Waals surface area contributed by atoms with Crippen LogP contribution in [0, 0.1) is 20.8 Å². The summed E-state index contributed by atoms with van der Waals surface area (Å²) in [6.45, 7) is 8.13. The molecule has 0 fully saturated rings. The van der Waals surface area contributed by atoms with E-state index in [0.717, 1.165) is 21.8 Å². The monoisotopic (exact) mass is 448 g/mol. The summed E-state index contributed by atoms with van der Waals surface area (Å²) in [7, 11) is 0. The molecule has 166 valence electrons. The molecular formula is C26H28N2O3S. The third kappa shape index (κ3) is 6.31. The first-order valence-electron chi connectivity index (χ1n) is 10.5. The van der Waals surface area contributed by atoms with Crippen molar-refractivity contribution in [2.24, 2.45) is 0 Å². The molecule has 0 saturated carbocycles. The zero-order valence-electron chi connectivity index (χ0n) is 18.8. The highest BCUT2D eigenvalue weighted by molar-refractivity contribution is 7.10. The number of amides is 2. The number of aryl methyl sites for hydroxylation is 3. The molecule has 1 aromatic heterocycles. The van der Waals surface area contributed by atoms with Crippen LogP contribution in [0.2, 0.25) is 0 Å². The molecular weight excluding hydrogens is 420 g/mol. The summed E-state index contributed by atoms with van der Waals surface area (Å²) < 4.78 is 5.84. The van der Waals surface area contributed by atoms with Crippen molar-refractivity contribution in [3.63, 3.8) is 0 Å². The Morgan fingerprint density at radius 1 is 1.00 bits per heavy atom. The first-order chi connectivity index (χ1) is 15.3. The number of carbonyl (C=O) groups excluding carboxylic acids is 2. The topological polar surface area (TPSA) is 67.4 Å². The fourth-order valence-electron chi connectivity index (χ4n) is 3.06.